The molecule has 0 aliphatic carbocycles. The Morgan fingerprint density at radius 3 is 2.77 bits per heavy atom. The first-order valence-corrected chi connectivity index (χ1v) is 8.47. The van der Waals surface area contributed by atoms with Crippen molar-refractivity contribution in [3.8, 4) is 0 Å². The number of benzene rings is 1. The van der Waals surface area contributed by atoms with Gasteiger partial charge in [-0.05, 0) is 18.6 Å². The van der Waals surface area contributed by atoms with Gasteiger partial charge < -0.3 is 9.64 Å². The highest BCUT2D eigenvalue weighted by atomic mass is 32.2. The maximum atomic E-state index is 12.4. The molecular formula is C17H19NO3S. The van der Waals surface area contributed by atoms with Crippen LogP contribution in [0.4, 0.5) is 0 Å². The number of hydrogen-bond acceptors (Lipinski definition) is 4. The monoisotopic (exact) mass is 317 g/mol. The highest BCUT2D eigenvalue weighted by Crippen LogP contribution is 2.45. The molecule has 0 spiro atoms. The number of β-lactam (4-membered cyclic amide) rings is 1. The zero-order valence-corrected chi connectivity index (χ0v) is 13.4. The Morgan fingerprint density at radius 2 is 2.09 bits per heavy atom. The molecule has 2 heterocycles. The predicted octanol–water partition coefficient (Wildman–Crippen LogP) is 3.34. The van der Waals surface area contributed by atoms with Crippen molar-refractivity contribution in [3.63, 3.8) is 0 Å². The number of fused-ring (bicyclic) bond motifs is 1. The SMILES string of the molecule is CCCCOC(=O)C1=C(Sc2ccccc2)CC2CC(=O)N12. The molecule has 1 atom stereocenters. The summed E-state index contributed by atoms with van der Waals surface area (Å²) in [5.41, 5.74) is 0.464. The number of thioether (sulfide) groups is 1. The largest absolute Gasteiger partial charge is 0.461 e. The zero-order valence-electron chi connectivity index (χ0n) is 12.6. The molecule has 0 saturated carbocycles. The number of nitrogens with zero attached hydrogens (tertiary/aromatic N) is 1. The second-order valence-electron chi connectivity index (χ2n) is 5.50. The van der Waals surface area contributed by atoms with E-state index < -0.39 is 0 Å². The summed E-state index contributed by atoms with van der Waals surface area (Å²) in [4.78, 5) is 27.8. The van der Waals surface area contributed by atoms with Crippen molar-refractivity contribution in [2.24, 2.45) is 0 Å². The molecule has 1 fully saturated rings. The molecular weight excluding hydrogens is 298 g/mol. The minimum atomic E-state index is -0.359. The molecule has 0 aromatic heterocycles. The molecule has 3 rings (SSSR count). The van der Waals surface area contributed by atoms with Crippen molar-refractivity contribution in [2.75, 3.05) is 6.61 Å². The number of amides is 1. The molecule has 1 amide bonds. The molecule has 0 N–H and O–H groups in total. The van der Waals surface area contributed by atoms with Crippen LogP contribution >= 0.6 is 11.8 Å². The Kier molecular flexibility index (Phi) is 4.52. The first-order chi connectivity index (χ1) is 10.7. The lowest BCUT2D eigenvalue weighted by atomic mass is 10.0. The molecule has 116 valence electrons. The summed E-state index contributed by atoms with van der Waals surface area (Å²) in [5.74, 6) is -0.335. The van der Waals surface area contributed by atoms with E-state index in [0.29, 0.717) is 18.7 Å². The number of carbonyl (C=O) groups excluding carboxylic acids is 2. The van der Waals surface area contributed by atoms with Gasteiger partial charge in [0.25, 0.3) is 0 Å². The van der Waals surface area contributed by atoms with E-state index in [4.69, 9.17) is 4.74 Å². The fourth-order valence-corrected chi connectivity index (χ4v) is 3.84. The third-order valence-corrected chi connectivity index (χ3v) is 4.99. The molecule has 0 bridgehead atoms. The second kappa shape index (κ2) is 6.57. The average Bonchev–Trinajstić information content (AvgIpc) is 2.81. The lowest BCUT2D eigenvalue weighted by Crippen LogP contribution is -2.49. The van der Waals surface area contributed by atoms with Crippen molar-refractivity contribution in [1.82, 2.24) is 4.90 Å². The van der Waals surface area contributed by atoms with Crippen molar-refractivity contribution >= 4 is 23.6 Å². The maximum absolute atomic E-state index is 12.4. The third-order valence-electron chi connectivity index (χ3n) is 3.88. The quantitative estimate of drug-likeness (QED) is 0.459. The fraction of sp³-hybridized carbons (Fsp3) is 0.412. The summed E-state index contributed by atoms with van der Waals surface area (Å²) in [6.45, 7) is 2.46. The van der Waals surface area contributed by atoms with Gasteiger partial charge in [-0.1, -0.05) is 43.3 Å². The van der Waals surface area contributed by atoms with Gasteiger partial charge in [-0.2, -0.15) is 0 Å². The Labute approximate surface area is 134 Å². The van der Waals surface area contributed by atoms with Crippen LogP contribution in [0.2, 0.25) is 0 Å². The molecule has 1 unspecified atom stereocenters. The second-order valence-corrected chi connectivity index (χ2v) is 6.67. The van der Waals surface area contributed by atoms with E-state index in [1.165, 1.54) is 0 Å². The van der Waals surface area contributed by atoms with E-state index in [2.05, 4.69) is 0 Å². The van der Waals surface area contributed by atoms with Crippen LogP contribution < -0.4 is 0 Å². The van der Waals surface area contributed by atoms with Crippen LogP contribution in [0.5, 0.6) is 0 Å². The third kappa shape index (κ3) is 2.90. The van der Waals surface area contributed by atoms with Crippen LogP contribution in [-0.4, -0.2) is 29.4 Å². The lowest BCUT2D eigenvalue weighted by Gasteiger charge is -2.35. The van der Waals surface area contributed by atoms with E-state index in [1.807, 2.05) is 37.3 Å². The minimum absolute atomic E-state index is 0.0242. The van der Waals surface area contributed by atoms with Crippen LogP contribution in [0.25, 0.3) is 0 Å². The highest BCUT2D eigenvalue weighted by Gasteiger charge is 2.48. The first kappa shape index (κ1) is 15.2. The molecule has 4 nitrogen and oxygen atoms in total. The molecule has 2 aliphatic rings. The van der Waals surface area contributed by atoms with E-state index in [0.717, 1.165) is 29.1 Å². The number of unbranched alkanes of at least 4 members (excludes halogenated alkanes) is 1. The number of esters is 1. The van der Waals surface area contributed by atoms with Gasteiger partial charge in [0.2, 0.25) is 5.91 Å². The Morgan fingerprint density at radius 1 is 1.32 bits per heavy atom. The summed E-state index contributed by atoms with van der Waals surface area (Å²) in [5, 5.41) is 0. The van der Waals surface area contributed by atoms with Crippen LogP contribution in [0.15, 0.2) is 45.8 Å². The maximum Gasteiger partial charge on any atom is 0.355 e. The summed E-state index contributed by atoms with van der Waals surface area (Å²) < 4.78 is 5.33. The lowest BCUT2D eigenvalue weighted by molar-refractivity contribution is -0.150. The number of ether oxygens (including phenoxy) is 1. The van der Waals surface area contributed by atoms with Crippen LogP contribution in [0, 0.1) is 0 Å². The molecule has 1 aromatic rings. The fourth-order valence-electron chi connectivity index (χ4n) is 2.71. The summed E-state index contributed by atoms with van der Waals surface area (Å²) in [6.07, 6.45) is 3.11. The van der Waals surface area contributed by atoms with Crippen LogP contribution in [-0.2, 0) is 14.3 Å². The van der Waals surface area contributed by atoms with Gasteiger partial charge in [0.15, 0.2) is 0 Å². The normalized spacial score (nSPS) is 20.0. The van der Waals surface area contributed by atoms with Crippen LogP contribution in [0.1, 0.15) is 32.6 Å². The predicted molar refractivity (Wildman–Crippen MR) is 85.1 cm³/mol. The van der Waals surface area contributed by atoms with Gasteiger partial charge in [-0.25, -0.2) is 4.79 Å². The van der Waals surface area contributed by atoms with Gasteiger partial charge in [-0.3, -0.25) is 4.79 Å². The van der Waals surface area contributed by atoms with Gasteiger partial charge in [-0.15, -0.1) is 0 Å². The molecule has 2 aliphatic heterocycles. The van der Waals surface area contributed by atoms with Gasteiger partial charge in [0.1, 0.15) is 5.70 Å². The number of rotatable bonds is 6. The van der Waals surface area contributed by atoms with Crippen molar-refractivity contribution in [3.05, 3.63) is 40.9 Å². The van der Waals surface area contributed by atoms with Crippen molar-refractivity contribution in [2.45, 2.75) is 43.5 Å². The van der Waals surface area contributed by atoms with Gasteiger partial charge >= 0.3 is 5.97 Å². The van der Waals surface area contributed by atoms with Crippen molar-refractivity contribution < 1.29 is 14.3 Å². The summed E-state index contributed by atoms with van der Waals surface area (Å²) in [6, 6.07) is 10.1. The Bertz CT molecular complexity index is 612. The van der Waals surface area contributed by atoms with Crippen LogP contribution in [0.3, 0.4) is 0 Å². The zero-order chi connectivity index (χ0) is 15.5. The van der Waals surface area contributed by atoms with Gasteiger partial charge in [0.05, 0.1) is 12.6 Å². The topological polar surface area (TPSA) is 46.6 Å². The molecule has 5 heteroatoms. The highest BCUT2D eigenvalue weighted by molar-refractivity contribution is 8.03. The van der Waals surface area contributed by atoms with E-state index >= 15 is 0 Å². The minimum Gasteiger partial charge on any atom is -0.461 e. The number of hydrogen-bond donors (Lipinski definition) is 0. The molecule has 0 radical (unpaired) electrons. The van der Waals surface area contributed by atoms with E-state index in [-0.39, 0.29) is 17.9 Å². The first-order valence-electron chi connectivity index (χ1n) is 7.66. The van der Waals surface area contributed by atoms with Crippen molar-refractivity contribution in [1.29, 1.82) is 0 Å². The molecule has 1 aromatic carbocycles. The standard InChI is InChI=1S/C17H19NO3S/c1-2-3-9-21-17(20)16-14(10-12-11-15(19)18(12)16)22-13-7-5-4-6-8-13/h4-8,12H,2-3,9-11H2,1H3. The smallest absolute Gasteiger partial charge is 0.355 e. The summed E-state index contributed by atoms with van der Waals surface area (Å²) in [7, 11) is 0. The molecule has 1 saturated heterocycles. The summed E-state index contributed by atoms with van der Waals surface area (Å²) >= 11 is 1.56. The van der Waals surface area contributed by atoms with Gasteiger partial charge in [0, 0.05) is 22.6 Å². The molecule has 22 heavy (non-hydrogen) atoms. The Balaban J connectivity index is 1.80. The number of carbonyl (C=O) groups is 2. The van der Waals surface area contributed by atoms with E-state index in [1.54, 1.807) is 16.7 Å². The van der Waals surface area contributed by atoms with E-state index in [9.17, 15) is 9.59 Å². The Hall–Kier alpha value is -1.75. The average molecular weight is 317 g/mol.